The van der Waals surface area contributed by atoms with Gasteiger partial charge in [0.25, 0.3) is 11.8 Å². The normalized spacial score (nSPS) is 10.8. The molecule has 0 aliphatic heterocycles. The first-order valence-electron chi connectivity index (χ1n) is 6.61. The highest BCUT2D eigenvalue weighted by molar-refractivity contribution is 6.31. The van der Waals surface area contributed by atoms with E-state index in [4.69, 9.17) is 11.6 Å². The molecule has 0 saturated carbocycles. The molecule has 1 heterocycles. The standard InChI is InChI=1S/C15H14ClFN4O2/c1-9-12(14(16)21(2)20-9)7-8-13(22)18-19-15(23)10-3-5-11(17)6-4-10/h3-8H,1-2H3,(H,18,22)(H,19,23). The Hall–Kier alpha value is -2.67. The Morgan fingerprint density at radius 2 is 1.91 bits per heavy atom. The second kappa shape index (κ2) is 7.06. The molecule has 1 aromatic heterocycles. The minimum absolute atomic E-state index is 0.224. The van der Waals surface area contributed by atoms with Gasteiger partial charge < -0.3 is 0 Å². The molecule has 2 aromatic rings. The number of benzene rings is 1. The van der Waals surface area contributed by atoms with E-state index >= 15 is 0 Å². The summed E-state index contributed by atoms with van der Waals surface area (Å²) in [5.74, 6) is -1.54. The van der Waals surface area contributed by atoms with Gasteiger partial charge in [-0.15, -0.1) is 0 Å². The van der Waals surface area contributed by atoms with Crippen LogP contribution in [0.2, 0.25) is 5.15 Å². The number of amides is 2. The average Bonchev–Trinajstić information content (AvgIpc) is 2.76. The maximum atomic E-state index is 12.8. The molecule has 0 fully saturated rings. The minimum atomic E-state index is -0.553. The van der Waals surface area contributed by atoms with E-state index in [1.165, 1.54) is 29.0 Å². The lowest BCUT2D eigenvalue weighted by molar-refractivity contribution is -0.117. The summed E-state index contributed by atoms with van der Waals surface area (Å²) in [7, 11) is 1.69. The average molecular weight is 337 g/mol. The third-order valence-electron chi connectivity index (χ3n) is 3.00. The lowest BCUT2D eigenvalue weighted by atomic mass is 10.2. The number of hydrogen-bond acceptors (Lipinski definition) is 3. The second-order valence-electron chi connectivity index (χ2n) is 4.70. The number of nitrogens with one attached hydrogen (secondary N) is 2. The molecule has 0 unspecified atom stereocenters. The van der Waals surface area contributed by atoms with Crippen molar-refractivity contribution in [2.75, 3.05) is 0 Å². The summed E-state index contributed by atoms with van der Waals surface area (Å²) in [6.45, 7) is 1.76. The van der Waals surface area contributed by atoms with Gasteiger partial charge in [-0.2, -0.15) is 5.10 Å². The van der Waals surface area contributed by atoms with Crippen molar-refractivity contribution < 1.29 is 14.0 Å². The van der Waals surface area contributed by atoms with Gasteiger partial charge in [0.05, 0.1) is 5.69 Å². The number of carbonyl (C=O) groups excluding carboxylic acids is 2. The fourth-order valence-electron chi connectivity index (χ4n) is 1.83. The molecular formula is C15H14ClFN4O2. The first-order chi connectivity index (χ1) is 10.9. The highest BCUT2D eigenvalue weighted by Gasteiger charge is 2.09. The molecule has 2 amide bonds. The van der Waals surface area contributed by atoms with Crippen molar-refractivity contribution in [3.63, 3.8) is 0 Å². The molecule has 2 N–H and O–H groups in total. The Labute approximate surface area is 136 Å². The van der Waals surface area contributed by atoms with Gasteiger partial charge >= 0.3 is 0 Å². The molecule has 0 saturated heterocycles. The van der Waals surface area contributed by atoms with Crippen molar-refractivity contribution in [3.05, 3.63) is 58.1 Å². The molecule has 0 radical (unpaired) electrons. The largest absolute Gasteiger partial charge is 0.269 e. The maximum absolute atomic E-state index is 12.8. The van der Waals surface area contributed by atoms with Gasteiger partial charge in [0.15, 0.2) is 0 Å². The summed E-state index contributed by atoms with van der Waals surface area (Å²) in [5, 5.41) is 4.52. The summed E-state index contributed by atoms with van der Waals surface area (Å²) in [4.78, 5) is 23.4. The number of nitrogens with zero attached hydrogens (tertiary/aromatic N) is 2. The number of aryl methyl sites for hydroxylation is 2. The zero-order valence-electron chi connectivity index (χ0n) is 12.4. The summed E-state index contributed by atoms with van der Waals surface area (Å²) in [6.07, 6.45) is 2.73. The highest BCUT2D eigenvalue weighted by Crippen LogP contribution is 2.19. The van der Waals surface area contributed by atoms with Crippen LogP contribution in [-0.2, 0) is 11.8 Å². The van der Waals surface area contributed by atoms with Crippen molar-refractivity contribution in [2.24, 2.45) is 7.05 Å². The van der Waals surface area contributed by atoms with Gasteiger partial charge in [0.1, 0.15) is 11.0 Å². The van der Waals surface area contributed by atoms with Crippen molar-refractivity contribution in [1.82, 2.24) is 20.6 Å². The Morgan fingerprint density at radius 1 is 1.26 bits per heavy atom. The number of hydrogen-bond donors (Lipinski definition) is 2. The second-order valence-corrected chi connectivity index (χ2v) is 5.06. The molecule has 6 nitrogen and oxygen atoms in total. The molecular weight excluding hydrogens is 323 g/mol. The predicted octanol–water partition coefficient (Wildman–Crippen LogP) is 2.00. The fraction of sp³-hybridized carbons (Fsp3) is 0.133. The number of aromatic nitrogens is 2. The Bertz CT molecular complexity index is 769. The zero-order chi connectivity index (χ0) is 17.0. The molecule has 23 heavy (non-hydrogen) atoms. The lowest BCUT2D eigenvalue weighted by Crippen LogP contribution is -2.40. The lowest BCUT2D eigenvalue weighted by Gasteiger charge is -2.05. The van der Waals surface area contributed by atoms with Gasteiger partial charge in [-0.1, -0.05) is 11.6 Å². The van der Waals surface area contributed by atoms with Gasteiger partial charge in [0.2, 0.25) is 0 Å². The Kier molecular flexibility index (Phi) is 5.13. The SMILES string of the molecule is Cc1nn(C)c(Cl)c1C=CC(=O)NNC(=O)c1ccc(F)cc1. The van der Waals surface area contributed by atoms with Gasteiger partial charge in [-0.3, -0.25) is 25.1 Å². The first-order valence-corrected chi connectivity index (χ1v) is 6.99. The molecule has 120 valence electrons. The molecule has 0 aliphatic carbocycles. The van der Waals surface area contributed by atoms with Crippen LogP contribution >= 0.6 is 11.6 Å². The van der Waals surface area contributed by atoms with E-state index < -0.39 is 17.6 Å². The van der Waals surface area contributed by atoms with E-state index in [1.54, 1.807) is 14.0 Å². The quantitative estimate of drug-likeness (QED) is 0.665. The third-order valence-corrected chi connectivity index (χ3v) is 3.45. The zero-order valence-corrected chi connectivity index (χ0v) is 13.2. The van der Waals surface area contributed by atoms with Crippen molar-refractivity contribution in [3.8, 4) is 0 Å². The molecule has 0 aliphatic rings. The van der Waals surface area contributed by atoms with E-state index in [2.05, 4.69) is 16.0 Å². The molecule has 2 rings (SSSR count). The van der Waals surface area contributed by atoms with Crippen LogP contribution in [0.3, 0.4) is 0 Å². The van der Waals surface area contributed by atoms with E-state index in [1.807, 2.05) is 0 Å². The van der Waals surface area contributed by atoms with E-state index in [0.29, 0.717) is 16.4 Å². The molecule has 8 heteroatoms. The number of rotatable bonds is 3. The molecule has 0 atom stereocenters. The Morgan fingerprint density at radius 3 is 2.48 bits per heavy atom. The third kappa shape index (κ3) is 4.17. The molecule has 1 aromatic carbocycles. The topological polar surface area (TPSA) is 76.0 Å². The Balaban J connectivity index is 1.93. The minimum Gasteiger partial charge on any atom is -0.268 e. The number of hydrazine groups is 1. The summed E-state index contributed by atoms with van der Waals surface area (Å²) in [5.41, 5.74) is 5.97. The highest BCUT2D eigenvalue weighted by atomic mass is 35.5. The van der Waals surface area contributed by atoms with Crippen molar-refractivity contribution in [1.29, 1.82) is 0 Å². The van der Waals surface area contributed by atoms with Gasteiger partial charge in [-0.05, 0) is 37.3 Å². The van der Waals surface area contributed by atoms with Gasteiger partial charge in [-0.25, -0.2) is 4.39 Å². The van der Waals surface area contributed by atoms with E-state index in [0.717, 1.165) is 12.1 Å². The van der Waals surface area contributed by atoms with Gasteiger partial charge in [0, 0.05) is 24.3 Å². The first kappa shape index (κ1) is 16.7. The smallest absolute Gasteiger partial charge is 0.268 e. The summed E-state index contributed by atoms with van der Waals surface area (Å²) in [6, 6.07) is 4.94. The summed E-state index contributed by atoms with van der Waals surface area (Å²) < 4.78 is 14.3. The monoisotopic (exact) mass is 336 g/mol. The summed E-state index contributed by atoms with van der Waals surface area (Å²) >= 11 is 6.03. The van der Waals surface area contributed by atoms with Crippen LogP contribution in [0.4, 0.5) is 4.39 Å². The van der Waals surface area contributed by atoms with Crippen LogP contribution in [0.1, 0.15) is 21.6 Å². The van der Waals surface area contributed by atoms with Crippen LogP contribution in [0, 0.1) is 12.7 Å². The van der Waals surface area contributed by atoms with Crippen LogP contribution < -0.4 is 10.9 Å². The van der Waals surface area contributed by atoms with Crippen LogP contribution in [0.5, 0.6) is 0 Å². The van der Waals surface area contributed by atoms with E-state index in [-0.39, 0.29) is 5.56 Å². The number of halogens is 2. The van der Waals surface area contributed by atoms with Crippen LogP contribution in [0.15, 0.2) is 30.3 Å². The van der Waals surface area contributed by atoms with Crippen molar-refractivity contribution >= 4 is 29.5 Å². The fourth-order valence-corrected chi connectivity index (χ4v) is 2.07. The van der Waals surface area contributed by atoms with Crippen molar-refractivity contribution in [2.45, 2.75) is 6.92 Å². The molecule has 0 spiro atoms. The van der Waals surface area contributed by atoms with E-state index in [9.17, 15) is 14.0 Å². The maximum Gasteiger partial charge on any atom is 0.269 e. The molecule has 0 bridgehead atoms. The number of carbonyl (C=O) groups is 2. The predicted molar refractivity (Wildman–Crippen MR) is 84.0 cm³/mol. The van der Waals surface area contributed by atoms with Crippen LogP contribution in [0.25, 0.3) is 6.08 Å². The van der Waals surface area contributed by atoms with Crippen LogP contribution in [-0.4, -0.2) is 21.6 Å².